The smallest absolute Gasteiger partial charge is 0.241 e. The molecule has 2 rings (SSSR count). The van der Waals surface area contributed by atoms with Crippen molar-refractivity contribution >= 4 is 5.91 Å². The summed E-state index contributed by atoms with van der Waals surface area (Å²) >= 11 is 0. The Morgan fingerprint density at radius 2 is 1.95 bits per heavy atom. The zero-order valence-corrected chi connectivity index (χ0v) is 12.7. The molecule has 1 N–H and O–H groups in total. The standard InChI is InChI=1S/C16H24N2O2/c1-5-13-15(19)18(11-16(2,3)20-4)14(17-13)12-9-7-6-8-10-12/h6-10,13-14,17H,5,11H2,1-4H3. The number of hydrogen-bond acceptors (Lipinski definition) is 3. The van der Waals surface area contributed by atoms with Gasteiger partial charge < -0.3 is 9.64 Å². The van der Waals surface area contributed by atoms with Crippen LogP contribution in [-0.2, 0) is 9.53 Å². The van der Waals surface area contributed by atoms with Crippen LogP contribution >= 0.6 is 0 Å². The third-order valence-corrected chi connectivity index (χ3v) is 3.88. The largest absolute Gasteiger partial charge is 0.377 e. The Kier molecular flexibility index (Phi) is 4.45. The maximum Gasteiger partial charge on any atom is 0.241 e. The lowest BCUT2D eigenvalue weighted by molar-refractivity contribution is -0.133. The molecule has 20 heavy (non-hydrogen) atoms. The van der Waals surface area contributed by atoms with E-state index in [-0.39, 0.29) is 23.7 Å². The van der Waals surface area contributed by atoms with Crippen molar-refractivity contribution in [1.82, 2.24) is 10.2 Å². The fourth-order valence-corrected chi connectivity index (χ4v) is 2.53. The predicted octanol–water partition coefficient (Wildman–Crippen LogP) is 2.32. The van der Waals surface area contributed by atoms with Gasteiger partial charge in [-0.3, -0.25) is 10.1 Å². The first kappa shape index (κ1) is 15.0. The summed E-state index contributed by atoms with van der Waals surface area (Å²) in [6.45, 7) is 6.61. The molecule has 4 heteroatoms. The van der Waals surface area contributed by atoms with Crippen molar-refractivity contribution in [3.8, 4) is 0 Å². The van der Waals surface area contributed by atoms with Crippen molar-refractivity contribution in [3.63, 3.8) is 0 Å². The van der Waals surface area contributed by atoms with Crippen LogP contribution in [0.2, 0.25) is 0 Å². The summed E-state index contributed by atoms with van der Waals surface area (Å²) in [6, 6.07) is 9.99. The molecule has 0 aromatic heterocycles. The number of benzene rings is 1. The lowest BCUT2D eigenvalue weighted by Gasteiger charge is -2.32. The molecule has 1 amide bonds. The third kappa shape index (κ3) is 3.02. The minimum absolute atomic E-state index is 0.0666. The van der Waals surface area contributed by atoms with E-state index in [0.717, 1.165) is 12.0 Å². The van der Waals surface area contributed by atoms with Crippen molar-refractivity contribution in [2.45, 2.75) is 45.0 Å². The van der Waals surface area contributed by atoms with Crippen LogP contribution < -0.4 is 5.32 Å². The van der Waals surface area contributed by atoms with Gasteiger partial charge in [-0.25, -0.2) is 0 Å². The van der Waals surface area contributed by atoms with Gasteiger partial charge in [-0.1, -0.05) is 37.3 Å². The van der Waals surface area contributed by atoms with Crippen LogP contribution in [0.3, 0.4) is 0 Å². The van der Waals surface area contributed by atoms with E-state index in [4.69, 9.17) is 4.74 Å². The van der Waals surface area contributed by atoms with Crippen LogP contribution in [0.4, 0.5) is 0 Å². The topological polar surface area (TPSA) is 41.6 Å². The van der Waals surface area contributed by atoms with Crippen molar-refractivity contribution in [2.75, 3.05) is 13.7 Å². The highest BCUT2D eigenvalue weighted by Gasteiger charge is 2.40. The molecule has 2 unspecified atom stereocenters. The Balaban J connectivity index is 2.26. The van der Waals surface area contributed by atoms with Gasteiger partial charge in [-0.15, -0.1) is 0 Å². The third-order valence-electron chi connectivity index (χ3n) is 3.88. The summed E-state index contributed by atoms with van der Waals surface area (Å²) in [5.74, 6) is 0.159. The van der Waals surface area contributed by atoms with Gasteiger partial charge in [0.05, 0.1) is 18.2 Å². The zero-order chi connectivity index (χ0) is 14.8. The van der Waals surface area contributed by atoms with Crippen LogP contribution in [0.25, 0.3) is 0 Å². The summed E-state index contributed by atoms with van der Waals surface area (Å²) in [6.07, 6.45) is 0.731. The maximum absolute atomic E-state index is 12.5. The van der Waals surface area contributed by atoms with E-state index in [1.165, 1.54) is 0 Å². The Morgan fingerprint density at radius 3 is 2.50 bits per heavy atom. The van der Waals surface area contributed by atoms with Crippen LogP contribution in [0.15, 0.2) is 30.3 Å². The van der Waals surface area contributed by atoms with Crippen molar-refractivity contribution in [3.05, 3.63) is 35.9 Å². The summed E-state index contributed by atoms with van der Waals surface area (Å²) < 4.78 is 5.48. The van der Waals surface area contributed by atoms with Gasteiger partial charge in [0.2, 0.25) is 5.91 Å². The van der Waals surface area contributed by atoms with Crippen LogP contribution in [0.1, 0.15) is 38.9 Å². The second-order valence-corrected chi connectivity index (χ2v) is 5.87. The second kappa shape index (κ2) is 5.94. The van der Waals surface area contributed by atoms with Crippen LogP contribution in [-0.4, -0.2) is 36.1 Å². The Morgan fingerprint density at radius 1 is 1.30 bits per heavy atom. The van der Waals surface area contributed by atoms with Crippen LogP contribution in [0, 0.1) is 0 Å². The number of nitrogens with one attached hydrogen (secondary N) is 1. The highest BCUT2D eigenvalue weighted by molar-refractivity contribution is 5.84. The lowest BCUT2D eigenvalue weighted by atomic mass is 10.1. The number of carbonyl (C=O) groups is 1. The normalized spacial score (nSPS) is 23.4. The molecule has 1 aromatic carbocycles. The van der Waals surface area contributed by atoms with E-state index in [2.05, 4.69) is 17.4 Å². The molecule has 1 saturated heterocycles. The summed E-state index contributed by atoms with van der Waals surface area (Å²) in [4.78, 5) is 14.4. The van der Waals surface area contributed by atoms with Gasteiger partial charge in [0.25, 0.3) is 0 Å². The van der Waals surface area contributed by atoms with E-state index < -0.39 is 0 Å². The molecule has 1 aliphatic heterocycles. The minimum atomic E-state index is -0.354. The van der Waals surface area contributed by atoms with E-state index in [0.29, 0.717) is 6.54 Å². The Labute approximate surface area is 121 Å². The molecule has 0 saturated carbocycles. The SMILES string of the molecule is CCC1NC(c2ccccc2)N(CC(C)(C)OC)C1=O. The molecule has 0 spiro atoms. The van der Waals surface area contributed by atoms with Crippen molar-refractivity contribution in [2.24, 2.45) is 0 Å². The first-order chi connectivity index (χ1) is 9.48. The molecule has 0 aliphatic carbocycles. The van der Waals surface area contributed by atoms with Gasteiger partial charge in [0, 0.05) is 7.11 Å². The summed E-state index contributed by atoms with van der Waals surface area (Å²) in [5.41, 5.74) is 0.760. The van der Waals surface area contributed by atoms with E-state index in [1.807, 2.05) is 43.9 Å². The first-order valence-electron chi connectivity index (χ1n) is 7.15. The number of methoxy groups -OCH3 is 1. The van der Waals surface area contributed by atoms with E-state index in [1.54, 1.807) is 7.11 Å². The highest BCUT2D eigenvalue weighted by Crippen LogP contribution is 2.28. The van der Waals surface area contributed by atoms with Gasteiger partial charge in [-0.2, -0.15) is 0 Å². The molecule has 1 aromatic rings. The number of ether oxygens (including phenoxy) is 1. The molecule has 2 atom stereocenters. The molecule has 1 fully saturated rings. The molecule has 1 heterocycles. The number of rotatable bonds is 5. The molecule has 0 bridgehead atoms. The fraction of sp³-hybridized carbons (Fsp3) is 0.562. The average Bonchev–Trinajstić information content (AvgIpc) is 2.76. The van der Waals surface area contributed by atoms with Gasteiger partial charge >= 0.3 is 0 Å². The quantitative estimate of drug-likeness (QED) is 0.897. The van der Waals surface area contributed by atoms with Crippen molar-refractivity contribution < 1.29 is 9.53 Å². The number of hydrogen-bond donors (Lipinski definition) is 1. The van der Waals surface area contributed by atoms with E-state index in [9.17, 15) is 4.79 Å². The minimum Gasteiger partial charge on any atom is -0.377 e. The van der Waals surface area contributed by atoms with E-state index >= 15 is 0 Å². The second-order valence-electron chi connectivity index (χ2n) is 5.87. The summed E-state index contributed by atoms with van der Waals surface area (Å²) in [7, 11) is 1.68. The highest BCUT2D eigenvalue weighted by atomic mass is 16.5. The van der Waals surface area contributed by atoms with Crippen molar-refractivity contribution in [1.29, 1.82) is 0 Å². The fourth-order valence-electron chi connectivity index (χ4n) is 2.53. The summed E-state index contributed by atoms with van der Waals surface area (Å²) in [5, 5.41) is 3.42. The van der Waals surface area contributed by atoms with Gasteiger partial charge in [0.1, 0.15) is 6.17 Å². The van der Waals surface area contributed by atoms with Crippen LogP contribution in [0.5, 0.6) is 0 Å². The average molecular weight is 276 g/mol. The number of amides is 1. The Hall–Kier alpha value is -1.39. The monoisotopic (exact) mass is 276 g/mol. The van der Waals surface area contributed by atoms with Gasteiger partial charge in [0.15, 0.2) is 0 Å². The maximum atomic E-state index is 12.5. The lowest BCUT2D eigenvalue weighted by Crippen LogP contribution is -2.43. The van der Waals surface area contributed by atoms with Gasteiger partial charge in [-0.05, 0) is 25.8 Å². The first-order valence-corrected chi connectivity index (χ1v) is 7.15. The predicted molar refractivity (Wildman–Crippen MR) is 79.2 cm³/mol. The zero-order valence-electron chi connectivity index (χ0n) is 12.7. The molecular weight excluding hydrogens is 252 g/mol. The molecule has 4 nitrogen and oxygen atoms in total. The number of nitrogens with zero attached hydrogens (tertiary/aromatic N) is 1. The Bertz CT molecular complexity index is 459. The molecular formula is C16H24N2O2. The number of carbonyl (C=O) groups excluding carboxylic acids is 1. The molecule has 0 radical (unpaired) electrons. The molecule has 1 aliphatic rings. The molecule has 110 valence electrons.